The van der Waals surface area contributed by atoms with Crippen LogP contribution in [0.3, 0.4) is 0 Å². The Morgan fingerprint density at radius 1 is 0.969 bits per heavy atom. The van der Waals surface area contributed by atoms with E-state index >= 15 is 0 Å². The first kappa shape index (κ1) is 22.5. The van der Waals surface area contributed by atoms with Gasteiger partial charge < -0.3 is 4.74 Å². The van der Waals surface area contributed by atoms with E-state index < -0.39 is 10.0 Å². The molecule has 4 rings (SSSR count). The molecule has 170 valence electrons. The average Bonchev–Trinajstić information content (AvgIpc) is 3.04. The molecule has 2 aromatic carbocycles. The second-order valence-electron chi connectivity index (χ2n) is 8.53. The van der Waals surface area contributed by atoms with Gasteiger partial charge in [0.05, 0.1) is 30.4 Å². The zero-order valence-electron chi connectivity index (χ0n) is 18.3. The summed E-state index contributed by atoms with van der Waals surface area (Å²) in [6, 6.07) is 12.2. The smallest absolute Gasteiger partial charge is 0.241 e. The molecule has 1 heterocycles. The van der Waals surface area contributed by atoms with Crippen LogP contribution in [0.4, 0.5) is 0 Å². The maximum atomic E-state index is 13.0. The van der Waals surface area contributed by atoms with Crippen molar-refractivity contribution < 1.29 is 22.7 Å². The summed E-state index contributed by atoms with van der Waals surface area (Å²) in [5.41, 5.74) is 2.03. The number of amides is 2. The fraction of sp³-hybridized carbons (Fsp3) is 0.417. The number of benzene rings is 2. The van der Waals surface area contributed by atoms with Crippen LogP contribution in [0.2, 0.25) is 0 Å². The molecule has 1 aliphatic carbocycles. The summed E-state index contributed by atoms with van der Waals surface area (Å²) in [5, 5.41) is 0. The number of nitrogens with one attached hydrogen (secondary N) is 1. The largest absolute Gasteiger partial charge is 0.497 e. The van der Waals surface area contributed by atoms with Crippen molar-refractivity contribution in [2.75, 3.05) is 7.11 Å². The topological polar surface area (TPSA) is 92.8 Å². The molecule has 2 aliphatic rings. The minimum absolute atomic E-state index is 0.103. The second kappa shape index (κ2) is 9.03. The van der Waals surface area contributed by atoms with Crippen molar-refractivity contribution in [3.63, 3.8) is 0 Å². The Kier molecular flexibility index (Phi) is 6.35. The highest BCUT2D eigenvalue weighted by Gasteiger charge is 2.47. The van der Waals surface area contributed by atoms with Crippen molar-refractivity contribution in [3.05, 3.63) is 59.2 Å². The highest BCUT2D eigenvalue weighted by molar-refractivity contribution is 7.89. The van der Waals surface area contributed by atoms with Gasteiger partial charge in [-0.3, -0.25) is 14.5 Å². The van der Waals surface area contributed by atoms with Crippen LogP contribution in [-0.2, 0) is 32.7 Å². The molecule has 1 saturated heterocycles. The third-order valence-electron chi connectivity index (χ3n) is 6.44. The number of nitrogens with zero attached hydrogens (tertiary/aromatic N) is 1. The number of carbonyl (C=O) groups is 2. The Hall–Kier alpha value is -2.71. The van der Waals surface area contributed by atoms with Crippen LogP contribution in [0.15, 0.2) is 47.4 Å². The van der Waals surface area contributed by atoms with E-state index in [1.807, 2.05) is 0 Å². The van der Waals surface area contributed by atoms with Gasteiger partial charge in [0.15, 0.2) is 0 Å². The highest BCUT2D eigenvalue weighted by Crippen LogP contribution is 2.38. The molecule has 2 atom stereocenters. The van der Waals surface area contributed by atoms with Gasteiger partial charge in [-0.15, -0.1) is 0 Å². The van der Waals surface area contributed by atoms with Crippen LogP contribution in [0.5, 0.6) is 5.75 Å². The molecular weight excluding hydrogens is 428 g/mol. The first-order chi connectivity index (χ1) is 15.3. The summed E-state index contributed by atoms with van der Waals surface area (Å²) >= 11 is 0. The van der Waals surface area contributed by atoms with E-state index in [-0.39, 0.29) is 41.6 Å². The molecule has 1 aliphatic heterocycles. The van der Waals surface area contributed by atoms with Crippen LogP contribution in [0.1, 0.15) is 42.4 Å². The third-order valence-corrected chi connectivity index (χ3v) is 7.98. The molecule has 2 fully saturated rings. The summed E-state index contributed by atoms with van der Waals surface area (Å²) < 4.78 is 33.7. The number of methoxy groups -OCH3 is 1. The van der Waals surface area contributed by atoms with Crippen molar-refractivity contribution in [2.45, 2.75) is 50.6 Å². The molecule has 0 aromatic heterocycles. The molecule has 7 nitrogen and oxygen atoms in total. The van der Waals surface area contributed by atoms with Gasteiger partial charge in [-0.1, -0.05) is 37.1 Å². The Bertz CT molecular complexity index is 1100. The number of hydrogen-bond donors (Lipinski definition) is 1. The number of likely N-dealkylation sites (tertiary alicyclic amines) is 1. The zero-order chi connectivity index (χ0) is 22.9. The van der Waals surface area contributed by atoms with E-state index in [0.717, 1.165) is 31.2 Å². The monoisotopic (exact) mass is 456 g/mol. The SMILES string of the molecule is COc1ccc(CNS(=O)(=O)c2cc(CN3C(=O)C4CCCCC4C3=O)ccc2C)cc1. The summed E-state index contributed by atoms with van der Waals surface area (Å²) in [6.45, 7) is 1.97. The Morgan fingerprint density at radius 3 is 2.16 bits per heavy atom. The van der Waals surface area contributed by atoms with Crippen molar-refractivity contribution in [2.24, 2.45) is 11.8 Å². The van der Waals surface area contributed by atoms with Gasteiger partial charge in [-0.2, -0.15) is 0 Å². The standard InChI is InChI=1S/C24H28N2O5S/c1-16-7-8-18(15-26-23(27)20-5-3-4-6-21(20)24(26)28)13-22(16)32(29,30)25-14-17-9-11-19(31-2)12-10-17/h7-13,20-21,25H,3-6,14-15H2,1-2H3. The van der Waals surface area contributed by atoms with Crippen molar-refractivity contribution in [1.29, 1.82) is 0 Å². The summed E-state index contributed by atoms with van der Waals surface area (Å²) in [4.78, 5) is 27.0. The van der Waals surface area contributed by atoms with Gasteiger partial charge in [-0.05, 0) is 54.7 Å². The van der Waals surface area contributed by atoms with E-state index in [0.29, 0.717) is 16.9 Å². The zero-order valence-corrected chi connectivity index (χ0v) is 19.2. The lowest BCUT2D eigenvalue weighted by Gasteiger charge is -2.19. The second-order valence-corrected chi connectivity index (χ2v) is 10.3. The fourth-order valence-electron chi connectivity index (χ4n) is 4.60. The van der Waals surface area contributed by atoms with Crippen LogP contribution < -0.4 is 9.46 Å². The number of ether oxygens (including phenoxy) is 1. The van der Waals surface area contributed by atoms with Crippen LogP contribution in [-0.4, -0.2) is 32.2 Å². The molecule has 0 radical (unpaired) electrons. The molecule has 2 amide bonds. The van der Waals surface area contributed by atoms with Gasteiger partial charge in [-0.25, -0.2) is 13.1 Å². The van der Waals surface area contributed by atoms with E-state index in [2.05, 4.69) is 4.72 Å². The van der Waals surface area contributed by atoms with E-state index in [1.54, 1.807) is 56.5 Å². The maximum absolute atomic E-state index is 13.0. The molecule has 1 saturated carbocycles. The van der Waals surface area contributed by atoms with Gasteiger partial charge >= 0.3 is 0 Å². The number of aryl methyl sites for hydroxylation is 1. The number of rotatable bonds is 7. The Balaban J connectivity index is 1.50. The third kappa shape index (κ3) is 4.42. The normalized spacial score (nSPS) is 21.0. The maximum Gasteiger partial charge on any atom is 0.241 e. The molecule has 2 unspecified atom stereocenters. The quantitative estimate of drug-likeness (QED) is 0.646. The van der Waals surface area contributed by atoms with E-state index in [9.17, 15) is 18.0 Å². The lowest BCUT2D eigenvalue weighted by atomic mass is 9.81. The van der Waals surface area contributed by atoms with Crippen LogP contribution in [0, 0.1) is 18.8 Å². The van der Waals surface area contributed by atoms with Gasteiger partial charge in [0.1, 0.15) is 5.75 Å². The van der Waals surface area contributed by atoms with Gasteiger partial charge in [0, 0.05) is 6.54 Å². The number of sulfonamides is 1. The first-order valence-corrected chi connectivity index (χ1v) is 12.4. The van der Waals surface area contributed by atoms with Crippen molar-refractivity contribution in [1.82, 2.24) is 9.62 Å². The summed E-state index contributed by atoms with van der Waals surface area (Å²) in [5.74, 6) is 0.0303. The minimum atomic E-state index is -3.78. The average molecular weight is 457 g/mol. The van der Waals surface area contributed by atoms with Crippen molar-refractivity contribution >= 4 is 21.8 Å². The van der Waals surface area contributed by atoms with Gasteiger partial charge in [0.2, 0.25) is 21.8 Å². The molecular formula is C24H28N2O5S. The van der Waals surface area contributed by atoms with Crippen LogP contribution in [0.25, 0.3) is 0 Å². The first-order valence-electron chi connectivity index (χ1n) is 10.9. The number of fused-ring (bicyclic) bond motifs is 1. The van der Waals surface area contributed by atoms with Gasteiger partial charge in [0.25, 0.3) is 0 Å². The fourth-order valence-corrected chi connectivity index (χ4v) is 5.91. The van der Waals surface area contributed by atoms with Crippen molar-refractivity contribution in [3.8, 4) is 5.75 Å². The molecule has 1 N–H and O–H groups in total. The number of carbonyl (C=O) groups excluding carboxylic acids is 2. The number of imide groups is 1. The Labute approximate surface area is 188 Å². The molecule has 2 aromatic rings. The summed E-state index contributed by atoms with van der Waals surface area (Å²) in [6.07, 6.45) is 3.46. The van der Waals surface area contributed by atoms with E-state index in [1.165, 1.54) is 4.90 Å². The lowest BCUT2D eigenvalue weighted by molar-refractivity contribution is -0.140. The molecule has 0 spiro atoms. The van der Waals surface area contributed by atoms with E-state index in [4.69, 9.17) is 4.74 Å². The molecule has 8 heteroatoms. The predicted octanol–water partition coefficient (Wildman–Crippen LogP) is 3.16. The Morgan fingerprint density at radius 2 is 1.56 bits per heavy atom. The predicted molar refractivity (Wildman–Crippen MR) is 119 cm³/mol. The molecule has 0 bridgehead atoms. The lowest BCUT2D eigenvalue weighted by Crippen LogP contribution is -2.30. The molecule has 32 heavy (non-hydrogen) atoms. The minimum Gasteiger partial charge on any atom is -0.497 e. The number of hydrogen-bond acceptors (Lipinski definition) is 5. The summed E-state index contributed by atoms with van der Waals surface area (Å²) in [7, 11) is -2.20. The van der Waals surface area contributed by atoms with Crippen LogP contribution >= 0.6 is 0 Å². The highest BCUT2D eigenvalue weighted by atomic mass is 32.2.